The molecule has 0 bridgehead atoms. The first-order valence-electron chi connectivity index (χ1n) is 5.46. The van der Waals surface area contributed by atoms with E-state index < -0.39 is 0 Å². The van der Waals surface area contributed by atoms with Crippen molar-refractivity contribution < 1.29 is 0 Å². The average Bonchev–Trinajstić information content (AvgIpc) is 2.73. The minimum Gasteiger partial charge on any atom is -0.354 e. The Morgan fingerprint density at radius 1 is 1.62 bits per heavy atom. The van der Waals surface area contributed by atoms with E-state index >= 15 is 0 Å². The third kappa shape index (κ3) is 3.84. The first kappa shape index (κ1) is 13.0. The van der Waals surface area contributed by atoms with E-state index in [0.29, 0.717) is 6.04 Å². The van der Waals surface area contributed by atoms with Crippen LogP contribution in [-0.4, -0.2) is 25.1 Å². The van der Waals surface area contributed by atoms with Crippen LogP contribution in [0.3, 0.4) is 0 Å². The van der Waals surface area contributed by atoms with Crippen molar-refractivity contribution in [3.8, 4) is 12.3 Å². The van der Waals surface area contributed by atoms with Crippen LogP contribution in [-0.2, 0) is 6.54 Å². The Morgan fingerprint density at radius 2 is 2.38 bits per heavy atom. The smallest absolute Gasteiger partial charge is 0.185 e. The molecule has 1 rings (SSSR count). The molecule has 0 saturated carbocycles. The zero-order chi connectivity index (χ0) is 12.0. The van der Waals surface area contributed by atoms with E-state index in [-0.39, 0.29) is 0 Å². The van der Waals surface area contributed by atoms with Gasteiger partial charge in [-0.25, -0.2) is 4.98 Å². The second kappa shape index (κ2) is 6.51. The molecule has 0 fully saturated rings. The molecule has 0 aliphatic carbocycles. The lowest BCUT2D eigenvalue weighted by atomic mass is 10.1. The molecule has 1 heterocycles. The second-order valence-corrected chi connectivity index (χ2v) is 4.99. The maximum Gasteiger partial charge on any atom is 0.185 e. The van der Waals surface area contributed by atoms with Gasteiger partial charge in [0.25, 0.3) is 0 Å². The molecule has 0 amide bonds. The Labute approximate surface area is 102 Å². The number of terminal acetylenes is 1. The molecular weight excluding hydrogens is 218 g/mol. The van der Waals surface area contributed by atoms with Crippen molar-refractivity contribution in [2.75, 3.05) is 19.0 Å². The fourth-order valence-electron chi connectivity index (χ4n) is 1.33. The van der Waals surface area contributed by atoms with Gasteiger partial charge in [0.1, 0.15) is 0 Å². The van der Waals surface area contributed by atoms with Crippen LogP contribution in [0.4, 0.5) is 5.13 Å². The van der Waals surface area contributed by atoms with Gasteiger partial charge in [-0.15, -0.1) is 23.7 Å². The maximum atomic E-state index is 5.31. The molecule has 1 N–H and O–H groups in total. The number of nitrogens with zero attached hydrogens (tertiary/aromatic N) is 2. The lowest BCUT2D eigenvalue weighted by molar-refractivity contribution is 0.509. The molecule has 1 unspecified atom stereocenters. The fraction of sp³-hybridized carbons (Fsp3) is 0.583. The summed E-state index contributed by atoms with van der Waals surface area (Å²) in [6, 6.07) is 0.412. The number of hydrogen-bond acceptors (Lipinski definition) is 4. The van der Waals surface area contributed by atoms with Crippen molar-refractivity contribution in [3.05, 3.63) is 11.1 Å². The van der Waals surface area contributed by atoms with Crippen LogP contribution < -0.4 is 10.2 Å². The van der Waals surface area contributed by atoms with Gasteiger partial charge in [0.15, 0.2) is 5.13 Å². The molecule has 4 heteroatoms. The van der Waals surface area contributed by atoms with Crippen molar-refractivity contribution in [2.45, 2.75) is 32.4 Å². The summed E-state index contributed by atoms with van der Waals surface area (Å²) in [5.74, 6) is 2.70. The molecule has 1 aromatic rings. The molecule has 0 radical (unpaired) electrons. The van der Waals surface area contributed by atoms with E-state index in [1.54, 1.807) is 11.3 Å². The van der Waals surface area contributed by atoms with Crippen molar-refractivity contribution in [1.82, 2.24) is 10.3 Å². The SMILES string of the molecule is C#CCC(CC)NCc1cnc(N(C)C)s1. The number of nitrogens with one attached hydrogen (secondary N) is 1. The summed E-state index contributed by atoms with van der Waals surface area (Å²) in [6.07, 6.45) is 9.08. The van der Waals surface area contributed by atoms with Gasteiger partial charge in [-0.3, -0.25) is 0 Å². The quantitative estimate of drug-likeness (QED) is 0.768. The molecule has 0 aliphatic heterocycles. The molecular formula is C12H19N3S. The molecule has 0 saturated heterocycles. The number of aromatic nitrogens is 1. The molecule has 0 aliphatic rings. The summed E-state index contributed by atoms with van der Waals surface area (Å²) in [5.41, 5.74) is 0. The van der Waals surface area contributed by atoms with Crippen molar-refractivity contribution in [1.29, 1.82) is 0 Å². The molecule has 0 aromatic carbocycles. The highest BCUT2D eigenvalue weighted by Crippen LogP contribution is 2.20. The Hall–Kier alpha value is -1.05. The Balaban J connectivity index is 2.44. The lowest BCUT2D eigenvalue weighted by Gasteiger charge is -2.12. The summed E-state index contributed by atoms with van der Waals surface area (Å²) < 4.78 is 0. The van der Waals surface area contributed by atoms with Gasteiger partial charge in [0, 0.05) is 44.2 Å². The van der Waals surface area contributed by atoms with E-state index in [0.717, 1.165) is 24.5 Å². The lowest BCUT2D eigenvalue weighted by Crippen LogP contribution is -2.26. The van der Waals surface area contributed by atoms with E-state index in [1.807, 2.05) is 25.2 Å². The normalized spacial score (nSPS) is 12.1. The van der Waals surface area contributed by atoms with Gasteiger partial charge >= 0.3 is 0 Å². The maximum absolute atomic E-state index is 5.31. The zero-order valence-corrected chi connectivity index (χ0v) is 11.0. The highest BCUT2D eigenvalue weighted by atomic mass is 32.1. The highest BCUT2D eigenvalue weighted by molar-refractivity contribution is 7.15. The van der Waals surface area contributed by atoms with Crippen molar-refractivity contribution >= 4 is 16.5 Å². The van der Waals surface area contributed by atoms with Gasteiger partial charge in [-0.1, -0.05) is 6.92 Å². The van der Waals surface area contributed by atoms with Crippen LogP contribution in [0, 0.1) is 12.3 Å². The monoisotopic (exact) mass is 237 g/mol. The van der Waals surface area contributed by atoms with Crippen LogP contribution >= 0.6 is 11.3 Å². The van der Waals surface area contributed by atoms with E-state index in [4.69, 9.17) is 6.42 Å². The first-order chi connectivity index (χ1) is 7.67. The first-order valence-corrected chi connectivity index (χ1v) is 6.27. The average molecular weight is 237 g/mol. The molecule has 1 aromatic heterocycles. The Bertz CT molecular complexity index is 351. The van der Waals surface area contributed by atoms with Gasteiger partial charge in [-0.05, 0) is 6.42 Å². The van der Waals surface area contributed by atoms with Crippen molar-refractivity contribution in [3.63, 3.8) is 0 Å². The summed E-state index contributed by atoms with van der Waals surface area (Å²) in [5, 5.41) is 4.49. The molecule has 3 nitrogen and oxygen atoms in total. The third-order valence-electron chi connectivity index (χ3n) is 2.35. The van der Waals surface area contributed by atoms with E-state index in [1.165, 1.54) is 4.88 Å². The van der Waals surface area contributed by atoms with Crippen LogP contribution in [0.25, 0.3) is 0 Å². The standard InChI is InChI=1S/C12H19N3S/c1-5-7-10(6-2)13-8-11-9-14-12(16-11)15(3)4/h1,9-10,13H,6-8H2,2-4H3. The predicted molar refractivity (Wildman–Crippen MR) is 70.8 cm³/mol. The minimum absolute atomic E-state index is 0.412. The number of anilines is 1. The molecule has 88 valence electrons. The highest BCUT2D eigenvalue weighted by Gasteiger charge is 2.06. The molecule has 1 atom stereocenters. The molecule has 0 spiro atoms. The van der Waals surface area contributed by atoms with Gasteiger partial charge in [0.2, 0.25) is 0 Å². The Kier molecular flexibility index (Phi) is 5.30. The van der Waals surface area contributed by atoms with Crippen LogP contribution in [0.5, 0.6) is 0 Å². The van der Waals surface area contributed by atoms with E-state index in [9.17, 15) is 0 Å². The number of thiazole rings is 1. The van der Waals surface area contributed by atoms with Crippen LogP contribution in [0.1, 0.15) is 24.6 Å². The van der Waals surface area contributed by atoms with Gasteiger partial charge < -0.3 is 10.2 Å². The zero-order valence-electron chi connectivity index (χ0n) is 10.2. The third-order valence-corrected chi connectivity index (χ3v) is 3.51. The largest absolute Gasteiger partial charge is 0.354 e. The molecule has 16 heavy (non-hydrogen) atoms. The summed E-state index contributed by atoms with van der Waals surface area (Å²) in [6.45, 7) is 3.00. The summed E-state index contributed by atoms with van der Waals surface area (Å²) >= 11 is 1.71. The van der Waals surface area contributed by atoms with Gasteiger partial charge in [0.05, 0.1) is 0 Å². The minimum atomic E-state index is 0.412. The fourth-order valence-corrected chi connectivity index (χ4v) is 2.12. The van der Waals surface area contributed by atoms with Crippen molar-refractivity contribution in [2.24, 2.45) is 0 Å². The number of rotatable bonds is 6. The van der Waals surface area contributed by atoms with Crippen LogP contribution in [0.15, 0.2) is 6.20 Å². The topological polar surface area (TPSA) is 28.2 Å². The van der Waals surface area contributed by atoms with Crippen LogP contribution in [0.2, 0.25) is 0 Å². The van der Waals surface area contributed by atoms with Gasteiger partial charge in [-0.2, -0.15) is 0 Å². The van der Waals surface area contributed by atoms with E-state index in [2.05, 4.69) is 23.1 Å². The summed E-state index contributed by atoms with van der Waals surface area (Å²) in [4.78, 5) is 7.60. The number of hydrogen-bond donors (Lipinski definition) is 1. The Morgan fingerprint density at radius 3 is 2.88 bits per heavy atom. The summed E-state index contributed by atoms with van der Waals surface area (Å²) in [7, 11) is 4.01. The second-order valence-electron chi connectivity index (χ2n) is 3.90. The predicted octanol–water partition coefficient (Wildman–Crippen LogP) is 2.10.